The molecular weight excluding hydrogens is 350 g/mol. The number of hydrogen-bond acceptors (Lipinski definition) is 5. The lowest BCUT2D eigenvalue weighted by atomic mass is 9.92. The Bertz CT molecular complexity index is 764. The van der Waals surface area contributed by atoms with Gasteiger partial charge in [-0.1, -0.05) is 19.9 Å². The minimum absolute atomic E-state index is 0.172. The van der Waals surface area contributed by atoms with Gasteiger partial charge < -0.3 is 20.1 Å². The Morgan fingerprint density at radius 3 is 2.78 bits per heavy atom. The summed E-state index contributed by atoms with van der Waals surface area (Å²) in [6.07, 6.45) is 1.13. The topological polar surface area (TPSA) is 97.0 Å². The van der Waals surface area contributed by atoms with Crippen LogP contribution in [0.2, 0.25) is 0 Å². The van der Waals surface area contributed by atoms with Crippen LogP contribution in [0.15, 0.2) is 18.2 Å². The Morgan fingerprint density at radius 1 is 1.30 bits per heavy atom. The zero-order chi connectivity index (χ0) is 19.6. The number of fused-ring (bicyclic) bond motifs is 1. The zero-order valence-corrected chi connectivity index (χ0v) is 15.8. The normalized spacial score (nSPS) is 21.0. The first-order chi connectivity index (χ1) is 12.8. The quantitative estimate of drug-likeness (QED) is 0.703. The van der Waals surface area contributed by atoms with Gasteiger partial charge in [0, 0.05) is 13.0 Å². The number of ether oxygens (including phenoxy) is 2. The van der Waals surface area contributed by atoms with Crippen molar-refractivity contribution >= 4 is 17.8 Å². The van der Waals surface area contributed by atoms with Crippen LogP contribution in [0, 0.1) is 5.92 Å². The molecule has 8 nitrogen and oxygen atoms in total. The molecule has 1 fully saturated rings. The summed E-state index contributed by atoms with van der Waals surface area (Å²) in [4.78, 5) is 38.1. The lowest BCUT2D eigenvalue weighted by Gasteiger charge is -2.22. The minimum Gasteiger partial charge on any atom is -0.454 e. The number of rotatable bonds is 7. The van der Waals surface area contributed by atoms with Crippen molar-refractivity contribution in [1.82, 2.24) is 15.5 Å². The van der Waals surface area contributed by atoms with E-state index in [0.717, 1.165) is 16.9 Å². The maximum absolute atomic E-state index is 12.8. The van der Waals surface area contributed by atoms with Crippen LogP contribution in [0.3, 0.4) is 0 Å². The van der Waals surface area contributed by atoms with Crippen LogP contribution in [0.4, 0.5) is 4.79 Å². The van der Waals surface area contributed by atoms with Gasteiger partial charge in [0.1, 0.15) is 12.1 Å². The number of amides is 4. The van der Waals surface area contributed by atoms with E-state index in [1.165, 1.54) is 0 Å². The largest absolute Gasteiger partial charge is 0.454 e. The summed E-state index contributed by atoms with van der Waals surface area (Å²) >= 11 is 0. The predicted octanol–water partition coefficient (Wildman–Crippen LogP) is 1.43. The Labute approximate surface area is 158 Å². The Balaban J connectivity index is 1.63. The third-order valence-corrected chi connectivity index (χ3v) is 4.69. The first-order valence-corrected chi connectivity index (χ1v) is 9.08. The van der Waals surface area contributed by atoms with Gasteiger partial charge in [-0.3, -0.25) is 14.5 Å². The summed E-state index contributed by atoms with van der Waals surface area (Å²) in [6.45, 7) is 6.20. The number of urea groups is 1. The van der Waals surface area contributed by atoms with Gasteiger partial charge in [-0.05, 0) is 37.0 Å². The monoisotopic (exact) mass is 375 g/mol. The summed E-state index contributed by atoms with van der Waals surface area (Å²) in [6, 6.07) is 4.86. The molecule has 1 aromatic carbocycles. The Kier molecular flexibility index (Phi) is 5.25. The second-order valence-corrected chi connectivity index (χ2v) is 7.55. The van der Waals surface area contributed by atoms with Crippen molar-refractivity contribution in [3.63, 3.8) is 0 Å². The molecule has 0 aromatic heterocycles. The molecule has 4 amide bonds. The number of nitrogens with one attached hydrogen (secondary N) is 2. The minimum atomic E-state index is -1.11. The van der Waals surface area contributed by atoms with E-state index in [1.807, 2.05) is 6.07 Å². The molecule has 2 aliphatic rings. The maximum Gasteiger partial charge on any atom is 0.325 e. The number of imide groups is 1. The van der Waals surface area contributed by atoms with E-state index in [-0.39, 0.29) is 19.2 Å². The fourth-order valence-electron chi connectivity index (χ4n) is 3.17. The van der Waals surface area contributed by atoms with Gasteiger partial charge in [-0.25, -0.2) is 4.79 Å². The Hall–Kier alpha value is -2.77. The molecule has 146 valence electrons. The molecule has 1 aromatic rings. The molecule has 0 saturated carbocycles. The lowest BCUT2D eigenvalue weighted by molar-refractivity contribution is -0.134. The van der Waals surface area contributed by atoms with Gasteiger partial charge in [0.25, 0.3) is 5.91 Å². The van der Waals surface area contributed by atoms with Crippen LogP contribution in [-0.4, -0.2) is 48.2 Å². The van der Waals surface area contributed by atoms with Crippen LogP contribution < -0.4 is 20.1 Å². The second kappa shape index (κ2) is 7.46. The van der Waals surface area contributed by atoms with E-state index in [0.29, 0.717) is 30.4 Å². The molecule has 2 aliphatic heterocycles. The molecule has 0 radical (unpaired) electrons. The Morgan fingerprint density at radius 2 is 2.04 bits per heavy atom. The fraction of sp³-hybridized carbons (Fsp3) is 0.526. The molecular formula is C19H25N3O5. The third kappa shape index (κ3) is 4.15. The molecule has 2 N–H and O–H groups in total. The van der Waals surface area contributed by atoms with Crippen LogP contribution in [0.1, 0.15) is 32.8 Å². The smallest absolute Gasteiger partial charge is 0.325 e. The van der Waals surface area contributed by atoms with Gasteiger partial charge in [-0.15, -0.1) is 0 Å². The highest BCUT2D eigenvalue weighted by molar-refractivity contribution is 6.08. The molecule has 0 aliphatic carbocycles. The number of nitrogens with zero attached hydrogens (tertiary/aromatic N) is 1. The SMILES string of the molecule is CC(C)CCNC(=O)CN1C(=O)NC(C)(Cc2ccc3c(c2)OCO3)C1=O. The molecule has 27 heavy (non-hydrogen) atoms. The van der Waals surface area contributed by atoms with Gasteiger partial charge >= 0.3 is 6.03 Å². The van der Waals surface area contributed by atoms with Crippen molar-refractivity contribution < 1.29 is 23.9 Å². The lowest BCUT2D eigenvalue weighted by Crippen LogP contribution is -2.47. The molecule has 1 unspecified atom stereocenters. The van der Waals surface area contributed by atoms with Crippen molar-refractivity contribution in [3.05, 3.63) is 23.8 Å². The van der Waals surface area contributed by atoms with Gasteiger partial charge in [0.2, 0.25) is 12.7 Å². The number of benzene rings is 1. The van der Waals surface area contributed by atoms with Crippen molar-refractivity contribution in [2.24, 2.45) is 5.92 Å². The van der Waals surface area contributed by atoms with Crippen LogP contribution in [0.5, 0.6) is 11.5 Å². The van der Waals surface area contributed by atoms with Gasteiger partial charge in [0.15, 0.2) is 11.5 Å². The van der Waals surface area contributed by atoms with Crippen LogP contribution in [-0.2, 0) is 16.0 Å². The molecule has 0 spiro atoms. The molecule has 1 saturated heterocycles. The summed E-state index contributed by atoms with van der Waals surface area (Å²) in [7, 11) is 0. The first-order valence-electron chi connectivity index (χ1n) is 9.08. The average Bonchev–Trinajstić information content (AvgIpc) is 3.13. The van der Waals surface area contributed by atoms with E-state index in [4.69, 9.17) is 9.47 Å². The van der Waals surface area contributed by atoms with Gasteiger partial charge in [0.05, 0.1) is 0 Å². The standard InChI is InChI=1S/C19H25N3O5/c1-12(2)6-7-20-16(23)10-22-17(24)19(3,21-18(22)25)9-13-4-5-14-15(8-13)27-11-26-14/h4-5,8,12H,6-7,9-11H2,1-3H3,(H,20,23)(H,21,25). The molecule has 2 heterocycles. The predicted molar refractivity (Wildman–Crippen MR) is 97.4 cm³/mol. The number of carbonyl (C=O) groups excluding carboxylic acids is 3. The van der Waals surface area contributed by atoms with Crippen molar-refractivity contribution in [3.8, 4) is 11.5 Å². The number of hydrogen-bond donors (Lipinski definition) is 2. The summed E-state index contributed by atoms with van der Waals surface area (Å²) < 4.78 is 10.6. The van der Waals surface area contributed by atoms with Crippen molar-refractivity contribution in [2.75, 3.05) is 19.9 Å². The van der Waals surface area contributed by atoms with E-state index in [2.05, 4.69) is 24.5 Å². The second-order valence-electron chi connectivity index (χ2n) is 7.55. The van der Waals surface area contributed by atoms with E-state index < -0.39 is 17.5 Å². The van der Waals surface area contributed by atoms with Gasteiger partial charge in [-0.2, -0.15) is 0 Å². The van der Waals surface area contributed by atoms with Crippen molar-refractivity contribution in [2.45, 2.75) is 39.2 Å². The zero-order valence-electron chi connectivity index (χ0n) is 15.8. The molecule has 8 heteroatoms. The van der Waals surface area contributed by atoms with E-state index in [1.54, 1.807) is 19.1 Å². The fourth-order valence-corrected chi connectivity index (χ4v) is 3.17. The molecule has 0 bridgehead atoms. The maximum atomic E-state index is 12.8. The summed E-state index contributed by atoms with van der Waals surface area (Å²) in [5, 5.41) is 5.46. The summed E-state index contributed by atoms with van der Waals surface area (Å²) in [5.74, 6) is 0.988. The first kappa shape index (κ1) is 19.0. The highest BCUT2D eigenvalue weighted by Gasteiger charge is 2.48. The van der Waals surface area contributed by atoms with E-state index in [9.17, 15) is 14.4 Å². The van der Waals surface area contributed by atoms with Crippen LogP contribution >= 0.6 is 0 Å². The average molecular weight is 375 g/mol. The summed E-state index contributed by atoms with van der Waals surface area (Å²) in [5.41, 5.74) is -0.276. The highest BCUT2D eigenvalue weighted by atomic mass is 16.7. The van der Waals surface area contributed by atoms with E-state index >= 15 is 0 Å². The van der Waals surface area contributed by atoms with Crippen molar-refractivity contribution in [1.29, 1.82) is 0 Å². The molecule has 1 atom stereocenters. The third-order valence-electron chi connectivity index (χ3n) is 4.69. The number of carbonyl (C=O) groups is 3. The van der Waals surface area contributed by atoms with Crippen LogP contribution in [0.25, 0.3) is 0 Å². The molecule has 3 rings (SSSR count). The highest BCUT2D eigenvalue weighted by Crippen LogP contribution is 2.34.